The fourth-order valence-corrected chi connectivity index (χ4v) is 4.69. The Hall–Kier alpha value is -2.41. The van der Waals surface area contributed by atoms with Crippen LogP contribution in [0, 0.1) is 25.7 Å². The highest BCUT2D eigenvalue weighted by Gasteiger charge is 2.42. The second kappa shape index (κ2) is 7.78. The molecule has 3 aliphatic heterocycles. The Labute approximate surface area is 171 Å². The Morgan fingerprint density at radius 3 is 2.31 bits per heavy atom. The molecule has 1 unspecified atom stereocenters. The lowest BCUT2D eigenvalue weighted by Gasteiger charge is -2.48. The lowest BCUT2D eigenvalue weighted by molar-refractivity contribution is -0.143. The maximum atomic E-state index is 12.9. The third-order valence-electron chi connectivity index (χ3n) is 6.90. The number of nitrogens with two attached hydrogens (primary N) is 1. The van der Waals surface area contributed by atoms with Gasteiger partial charge in [-0.05, 0) is 63.0 Å². The summed E-state index contributed by atoms with van der Waals surface area (Å²) < 4.78 is 0. The summed E-state index contributed by atoms with van der Waals surface area (Å²) in [6.45, 7) is 7.71. The zero-order valence-electron chi connectivity index (χ0n) is 17.3. The lowest BCUT2D eigenvalue weighted by Crippen LogP contribution is -2.63. The maximum Gasteiger partial charge on any atom is 0.228 e. The van der Waals surface area contributed by atoms with E-state index in [-0.39, 0.29) is 36.0 Å². The number of aryl methyl sites for hydroxylation is 2. The Morgan fingerprint density at radius 1 is 1.00 bits per heavy atom. The summed E-state index contributed by atoms with van der Waals surface area (Å²) in [5.41, 5.74) is 8.63. The van der Waals surface area contributed by atoms with Gasteiger partial charge in [0.25, 0.3) is 0 Å². The molecule has 7 heteroatoms. The van der Waals surface area contributed by atoms with Gasteiger partial charge >= 0.3 is 0 Å². The molecule has 156 valence electrons. The van der Waals surface area contributed by atoms with Crippen LogP contribution in [0.3, 0.4) is 0 Å². The first-order chi connectivity index (χ1) is 13.8. The number of hydrogen-bond acceptors (Lipinski definition) is 4. The van der Waals surface area contributed by atoms with Gasteiger partial charge in [-0.2, -0.15) is 0 Å². The second-order valence-electron chi connectivity index (χ2n) is 8.78. The van der Waals surface area contributed by atoms with Gasteiger partial charge in [0, 0.05) is 43.7 Å². The van der Waals surface area contributed by atoms with Crippen molar-refractivity contribution in [2.45, 2.75) is 39.2 Å². The van der Waals surface area contributed by atoms with E-state index >= 15 is 0 Å². The summed E-state index contributed by atoms with van der Waals surface area (Å²) in [7, 11) is 0. The number of anilines is 1. The van der Waals surface area contributed by atoms with Crippen LogP contribution in [0.2, 0.25) is 0 Å². The molecule has 2 N–H and O–H groups in total. The molecular weight excluding hydrogens is 368 g/mol. The quantitative estimate of drug-likeness (QED) is 0.822. The molecule has 0 aliphatic carbocycles. The third-order valence-corrected chi connectivity index (χ3v) is 6.90. The van der Waals surface area contributed by atoms with Gasteiger partial charge in [0.2, 0.25) is 17.7 Å². The van der Waals surface area contributed by atoms with Crippen LogP contribution in [-0.4, -0.2) is 66.3 Å². The van der Waals surface area contributed by atoms with E-state index in [4.69, 9.17) is 5.73 Å². The van der Waals surface area contributed by atoms with Crippen molar-refractivity contribution in [3.05, 3.63) is 29.3 Å². The summed E-state index contributed by atoms with van der Waals surface area (Å²) in [4.78, 5) is 42.7. The van der Waals surface area contributed by atoms with E-state index in [2.05, 4.69) is 4.90 Å². The molecule has 29 heavy (non-hydrogen) atoms. The van der Waals surface area contributed by atoms with Gasteiger partial charge in [-0.3, -0.25) is 19.3 Å². The summed E-state index contributed by atoms with van der Waals surface area (Å²) >= 11 is 0. The monoisotopic (exact) mass is 398 g/mol. The van der Waals surface area contributed by atoms with Gasteiger partial charge in [0.1, 0.15) is 0 Å². The van der Waals surface area contributed by atoms with Crippen molar-refractivity contribution in [1.29, 1.82) is 0 Å². The molecule has 0 spiro atoms. The van der Waals surface area contributed by atoms with Crippen molar-refractivity contribution in [3.63, 3.8) is 0 Å². The number of piperidine rings is 1. The van der Waals surface area contributed by atoms with E-state index in [0.29, 0.717) is 25.7 Å². The molecule has 3 heterocycles. The first-order valence-electron chi connectivity index (χ1n) is 10.5. The summed E-state index contributed by atoms with van der Waals surface area (Å²) in [5.74, 6) is -0.352. The van der Waals surface area contributed by atoms with Crippen LogP contribution in [0.25, 0.3) is 0 Å². The number of benzene rings is 1. The van der Waals surface area contributed by atoms with Crippen molar-refractivity contribution >= 4 is 23.4 Å². The van der Waals surface area contributed by atoms with Gasteiger partial charge in [-0.1, -0.05) is 6.07 Å². The Morgan fingerprint density at radius 2 is 1.69 bits per heavy atom. The molecule has 3 saturated heterocycles. The molecule has 3 amide bonds. The summed E-state index contributed by atoms with van der Waals surface area (Å²) in [5, 5.41) is 0. The van der Waals surface area contributed by atoms with Crippen LogP contribution in [0.4, 0.5) is 5.69 Å². The first-order valence-corrected chi connectivity index (χ1v) is 10.5. The third kappa shape index (κ3) is 3.88. The molecule has 0 radical (unpaired) electrons. The van der Waals surface area contributed by atoms with Crippen molar-refractivity contribution in [2.75, 3.05) is 37.6 Å². The maximum absolute atomic E-state index is 12.9. The van der Waals surface area contributed by atoms with Crippen LogP contribution >= 0.6 is 0 Å². The molecule has 3 fully saturated rings. The number of primary amides is 1. The fraction of sp³-hybridized carbons (Fsp3) is 0.591. The molecule has 1 aromatic carbocycles. The molecular formula is C22H30N4O3. The van der Waals surface area contributed by atoms with Crippen molar-refractivity contribution in [3.8, 4) is 0 Å². The molecule has 3 aliphatic rings. The van der Waals surface area contributed by atoms with Crippen molar-refractivity contribution in [1.82, 2.24) is 9.80 Å². The number of carbonyl (C=O) groups excluding carboxylic acids is 3. The first kappa shape index (κ1) is 19.9. The molecule has 1 aromatic rings. The standard InChI is InChI=1S/C22H30N4O3/c1-14-3-4-18(9-15(14)2)26-11-17(10-20(26)27)22(29)25-12-19(13-25)24-7-5-16(6-8-24)21(23)28/h3-4,9,16-17,19H,5-8,10-13H2,1-2H3,(H2,23,28). The van der Waals surface area contributed by atoms with Crippen LogP contribution in [0.5, 0.6) is 0 Å². The van der Waals surface area contributed by atoms with Crippen molar-refractivity contribution < 1.29 is 14.4 Å². The smallest absolute Gasteiger partial charge is 0.228 e. The second-order valence-corrected chi connectivity index (χ2v) is 8.78. The lowest BCUT2D eigenvalue weighted by atomic mass is 9.93. The van der Waals surface area contributed by atoms with Crippen LogP contribution in [-0.2, 0) is 14.4 Å². The number of amides is 3. The molecule has 1 atom stereocenters. The SMILES string of the molecule is Cc1ccc(N2CC(C(=O)N3CC(N4CCC(C(N)=O)CC4)C3)CC2=O)cc1C. The van der Waals surface area contributed by atoms with E-state index < -0.39 is 0 Å². The highest BCUT2D eigenvalue weighted by molar-refractivity contribution is 6.00. The topological polar surface area (TPSA) is 86.9 Å². The normalized spacial score (nSPS) is 24.1. The minimum atomic E-state index is -0.259. The predicted octanol–water partition coefficient (Wildman–Crippen LogP) is 1.06. The van der Waals surface area contributed by atoms with Crippen LogP contribution in [0.1, 0.15) is 30.4 Å². The largest absolute Gasteiger partial charge is 0.369 e. The van der Waals surface area contributed by atoms with Gasteiger partial charge < -0.3 is 15.5 Å². The Balaban J connectivity index is 1.30. The van der Waals surface area contributed by atoms with Crippen LogP contribution < -0.4 is 10.6 Å². The van der Waals surface area contributed by atoms with E-state index in [9.17, 15) is 14.4 Å². The minimum Gasteiger partial charge on any atom is -0.369 e. The summed E-state index contributed by atoms with van der Waals surface area (Å²) in [6, 6.07) is 6.37. The zero-order chi connectivity index (χ0) is 20.7. The number of likely N-dealkylation sites (tertiary alicyclic amines) is 2. The van der Waals surface area contributed by atoms with Crippen LogP contribution in [0.15, 0.2) is 18.2 Å². The Kier molecular flexibility index (Phi) is 5.34. The summed E-state index contributed by atoms with van der Waals surface area (Å²) in [6.07, 6.45) is 1.90. The average Bonchev–Trinajstić information content (AvgIpc) is 3.05. The number of carbonyl (C=O) groups is 3. The fourth-order valence-electron chi connectivity index (χ4n) is 4.69. The number of rotatable bonds is 4. The van der Waals surface area contributed by atoms with Gasteiger partial charge in [0.05, 0.1) is 5.92 Å². The van der Waals surface area contributed by atoms with Crippen molar-refractivity contribution in [2.24, 2.45) is 17.6 Å². The van der Waals surface area contributed by atoms with Gasteiger partial charge in [-0.25, -0.2) is 0 Å². The molecule has 7 nitrogen and oxygen atoms in total. The number of nitrogens with zero attached hydrogens (tertiary/aromatic N) is 3. The van der Waals surface area contributed by atoms with E-state index in [1.165, 1.54) is 5.56 Å². The predicted molar refractivity (Wildman–Crippen MR) is 110 cm³/mol. The molecule has 0 aromatic heterocycles. The highest BCUT2D eigenvalue weighted by atomic mass is 16.2. The Bertz CT molecular complexity index is 825. The van der Waals surface area contributed by atoms with E-state index in [1.54, 1.807) is 4.90 Å². The number of hydrogen-bond donors (Lipinski definition) is 1. The van der Waals surface area contributed by atoms with Gasteiger partial charge in [0.15, 0.2) is 0 Å². The minimum absolute atomic E-state index is 0.00930. The molecule has 0 saturated carbocycles. The zero-order valence-corrected chi connectivity index (χ0v) is 17.3. The molecule has 0 bridgehead atoms. The van der Waals surface area contributed by atoms with Gasteiger partial charge in [-0.15, -0.1) is 0 Å². The average molecular weight is 399 g/mol. The molecule has 4 rings (SSSR count). The highest BCUT2D eigenvalue weighted by Crippen LogP contribution is 2.30. The van der Waals surface area contributed by atoms with E-state index in [1.807, 2.05) is 36.9 Å². The van der Waals surface area contributed by atoms with E-state index in [0.717, 1.165) is 37.2 Å².